The number of para-hydroxylation sites is 1. The molecule has 1 N–H and O–H groups in total. The van der Waals surface area contributed by atoms with Crippen molar-refractivity contribution in [1.82, 2.24) is 9.80 Å². The lowest BCUT2D eigenvalue weighted by atomic mass is 9.93. The third-order valence-corrected chi connectivity index (χ3v) is 4.61. The smallest absolute Gasteiger partial charge is 0.236 e. The molecule has 2 rings (SSSR count). The van der Waals surface area contributed by atoms with E-state index in [-0.39, 0.29) is 17.9 Å². The molecule has 1 aromatic rings. The van der Waals surface area contributed by atoms with E-state index < -0.39 is 0 Å². The second-order valence-corrected chi connectivity index (χ2v) is 6.44. The normalized spacial score (nSPS) is 20.1. The van der Waals surface area contributed by atoms with Crippen LogP contribution in [0.4, 0.5) is 0 Å². The van der Waals surface area contributed by atoms with Crippen molar-refractivity contribution in [3.63, 3.8) is 0 Å². The Kier molecular flexibility index (Phi) is 6.42. The van der Waals surface area contributed by atoms with E-state index in [0.717, 1.165) is 37.2 Å². The molecular formula is C18H28N2O3. The SMILES string of the molecule is COc1ccccc1CN(C)C(=O)CN1CCC[C@H]([C@H](C)O)C1. The molecule has 1 aromatic carbocycles. The van der Waals surface area contributed by atoms with Gasteiger partial charge in [-0.1, -0.05) is 18.2 Å². The standard InChI is InChI=1S/C18H28N2O3/c1-14(21)15-8-6-10-20(12-15)13-18(22)19(2)11-16-7-4-5-9-17(16)23-3/h4-5,7,9,14-15,21H,6,8,10-13H2,1-3H3/t14-,15-/m0/s1. The Labute approximate surface area is 138 Å². The van der Waals surface area contributed by atoms with Crippen LogP contribution in [0.2, 0.25) is 0 Å². The number of rotatable bonds is 6. The van der Waals surface area contributed by atoms with E-state index in [1.54, 1.807) is 12.0 Å². The van der Waals surface area contributed by atoms with Crippen LogP contribution < -0.4 is 4.74 Å². The maximum atomic E-state index is 12.5. The number of carbonyl (C=O) groups is 1. The average molecular weight is 320 g/mol. The fraction of sp³-hybridized carbons (Fsp3) is 0.611. The molecule has 0 bridgehead atoms. The van der Waals surface area contributed by atoms with Gasteiger partial charge in [-0.2, -0.15) is 0 Å². The second kappa shape index (κ2) is 8.31. The van der Waals surface area contributed by atoms with E-state index >= 15 is 0 Å². The Morgan fingerprint density at radius 1 is 1.48 bits per heavy atom. The van der Waals surface area contributed by atoms with Gasteiger partial charge in [-0.05, 0) is 38.3 Å². The average Bonchev–Trinajstić information content (AvgIpc) is 2.55. The second-order valence-electron chi connectivity index (χ2n) is 6.44. The summed E-state index contributed by atoms with van der Waals surface area (Å²) in [7, 11) is 3.47. The van der Waals surface area contributed by atoms with Crippen molar-refractivity contribution in [3.8, 4) is 5.75 Å². The Morgan fingerprint density at radius 2 is 2.22 bits per heavy atom. The van der Waals surface area contributed by atoms with Crippen molar-refractivity contribution in [1.29, 1.82) is 0 Å². The molecule has 23 heavy (non-hydrogen) atoms. The third-order valence-electron chi connectivity index (χ3n) is 4.61. The van der Waals surface area contributed by atoms with Crippen LogP contribution in [0.5, 0.6) is 5.75 Å². The third kappa shape index (κ3) is 4.94. The van der Waals surface area contributed by atoms with Crippen LogP contribution in [0.15, 0.2) is 24.3 Å². The minimum atomic E-state index is -0.306. The number of amides is 1. The quantitative estimate of drug-likeness (QED) is 0.867. The van der Waals surface area contributed by atoms with Gasteiger partial charge in [-0.3, -0.25) is 9.69 Å². The number of carbonyl (C=O) groups excluding carboxylic acids is 1. The number of piperidine rings is 1. The first kappa shape index (κ1) is 17.8. The van der Waals surface area contributed by atoms with Gasteiger partial charge in [0.2, 0.25) is 5.91 Å². The molecule has 0 saturated carbocycles. The fourth-order valence-electron chi connectivity index (χ4n) is 3.12. The first-order valence-corrected chi connectivity index (χ1v) is 8.27. The number of ether oxygens (including phenoxy) is 1. The van der Waals surface area contributed by atoms with Crippen LogP contribution in [0.25, 0.3) is 0 Å². The molecule has 0 spiro atoms. The Hall–Kier alpha value is -1.59. The van der Waals surface area contributed by atoms with Crippen LogP contribution >= 0.6 is 0 Å². The molecule has 0 aliphatic carbocycles. The molecule has 1 aliphatic rings. The van der Waals surface area contributed by atoms with Crippen LogP contribution in [0, 0.1) is 5.92 Å². The van der Waals surface area contributed by atoms with Crippen molar-refractivity contribution >= 4 is 5.91 Å². The minimum Gasteiger partial charge on any atom is -0.496 e. The predicted octanol–water partition coefficient (Wildman–Crippen LogP) is 1.75. The van der Waals surface area contributed by atoms with Crippen molar-refractivity contribution in [2.45, 2.75) is 32.4 Å². The summed E-state index contributed by atoms with van der Waals surface area (Å²) in [5.41, 5.74) is 1.01. The maximum absolute atomic E-state index is 12.5. The summed E-state index contributed by atoms with van der Waals surface area (Å²) in [6, 6.07) is 7.76. The molecule has 5 heteroatoms. The molecule has 1 aliphatic heterocycles. The van der Waals surface area contributed by atoms with Gasteiger partial charge < -0.3 is 14.7 Å². The first-order chi connectivity index (χ1) is 11.0. The van der Waals surface area contributed by atoms with Crippen LogP contribution in [0.1, 0.15) is 25.3 Å². The highest BCUT2D eigenvalue weighted by atomic mass is 16.5. The number of aliphatic hydroxyl groups excluding tert-OH is 1. The Morgan fingerprint density at radius 3 is 2.91 bits per heavy atom. The van der Waals surface area contributed by atoms with Gasteiger partial charge in [-0.25, -0.2) is 0 Å². The highest BCUT2D eigenvalue weighted by molar-refractivity contribution is 5.78. The van der Waals surface area contributed by atoms with Crippen LogP contribution in [0.3, 0.4) is 0 Å². The van der Waals surface area contributed by atoms with Crippen molar-refractivity contribution < 1.29 is 14.6 Å². The maximum Gasteiger partial charge on any atom is 0.236 e. The van der Waals surface area contributed by atoms with Gasteiger partial charge in [0.25, 0.3) is 0 Å². The molecule has 0 aromatic heterocycles. The van der Waals surface area contributed by atoms with E-state index in [2.05, 4.69) is 4.90 Å². The lowest BCUT2D eigenvalue weighted by Gasteiger charge is -2.34. The number of hydrogen-bond acceptors (Lipinski definition) is 4. The number of nitrogens with zero attached hydrogens (tertiary/aromatic N) is 2. The molecule has 0 radical (unpaired) electrons. The first-order valence-electron chi connectivity index (χ1n) is 8.27. The highest BCUT2D eigenvalue weighted by Crippen LogP contribution is 2.21. The zero-order valence-corrected chi connectivity index (χ0v) is 14.4. The molecule has 1 amide bonds. The summed E-state index contributed by atoms with van der Waals surface area (Å²) in [5, 5.41) is 9.75. The molecule has 0 unspecified atom stereocenters. The van der Waals surface area contributed by atoms with E-state index in [1.807, 2.05) is 38.2 Å². The molecule has 128 valence electrons. The van der Waals surface area contributed by atoms with Gasteiger partial charge in [0.15, 0.2) is 0 Å². The van der Waals surface area contributed by atoms with Gasteiger partial charge in [-0.15, -0.1) is 0 Å². The molecule has 2 atom stereocenters. The number of likely N-dealkylation sites (N-methyl/N-ethyl adjacent to an activating group) is 1. The molecular weight excluding hydrogens is 292 g/mol. The zero-order chi connectivity index (χ0) is 16.8. The summed E-state index contributed by atoms with van der Waals surface area (Å²) in [6.07, 6.45) is 1.78. The molecule has 1 heterocycles. The van der Waals surface area contributed by atoms with E-state index in [1.165, 1.54) is 0 Å². The van der Waals surface area contributed by atoms with E-state index in [4.69, 9.17) is 4.74 Å². The largest absolute Gasteiger partial charge is 0.496 e. The van der Waals surface area contributed by atoms with Gasteiger partial charge in [0, 0.05) is 25.7 Å². The number of likely N-dealkylation sites (tertiary alicyclic amines) is 1. The van der Waals surface area contributed by atoms with E-state index in [9.17, 15) is 9.90 Å². The lowest BCUT2D eigenvalue weighted by molar-refractivity contribution is -0.132. The highest BCUT2D eigenvalue weighted by Gasteiger charge is 2.25. The summed E-state index contributed by atoms with van der Waals surface area (Å²) in [6.45, 7) is 4.51. The lowest BCUT2D eigenvalue weighted by Crippen LogP contribution is -2.45. The monoisotopic (exact) mass is 320 g/mol. The minimum absolute atomic E-state index is 0.0992. The topological polar surface area (TPSA) is 53.0 Å². The number of methoxy groups -OCH3 is 1. The van der Waals surface area contributed by atoms with Crippen LogP contribution in [-0.2, 0) is 11.3 Å². The van der Waals surface area contributed by atoms with Gasteiger partial charge in [0.1, 0.15) is 5.75 Å². The number of benzene rings is 1. The molecule has 1 saturated heterocycles. The fourth-order valence-corrected chi connectivity index (χ4v) is 3.12. The van der Waals surface area contributed by atoms with Crippen molar-refractivity contribution in [2.75, 3.05) is 33.8 Å². The van der Waals surface area contributed by atoms with Gasteiger partial charge in [0.05, 0.1) is 19.8 Å². The van der Waals surface area contributed by atoms with Gasteiger partial charge >= 0.3 is 0 Å². The Balaban J connectivity index is 1.90. The summed E-state index contributed by atoms with van der Waals surface area (Å²) in [5.74, 6) is 1.18. The molecule has 5 nitrogen and oxygen atoms in total. The summed E-state index contributed by atoms with van der Waals surface area (Å²) in [4.78, 5) is 16.4. The van der Waals surface area contributed by atoms with Crippen LogP contribution in [-0.4, -0.2) is 60.7 Å². The molecule has 1 fully saturated rings. The van der Waals surface area contributed by atoms with Crippen molar-refractivity contribution in [2.24, 2.45) is 5.92 Å². The van der Waals surface area contributed by atoms with E-state index in [0.29, 0.717) is 13.1 Å². The summed E-state index contributed by atoms with van der Waals surface area (Å²) >= 11 is 0. The summed E-state index contributed by atoms with van der Waals surface area (Å²) < 4.78 is 5.34. The number of hydrogen-bond donors (Lipinski definition) is 1. The zero-order valence-electron chi connectivity index (χ0n) is 14.4. The Bertz CT molecular complexity index is 519. The predicted molar refractivity (Wildman–Crippen MR) is 90.3 cm³/mol. The number of aliphatic hydroxyl groups is 1. The van der Waals surface area contributed by atoms with Crippen molar-refractivity contribution in [3.05, 3.63) is 29.8 Å².